The Labute approximate surface area is 178 Å². The summed E-state index contributed by atoms with van der Waals surface area (Å²) in [6, 6.07) is 24.7. The Morgan fingerprint density at radius 1 is 0.806 bits per heavy atom. The number of aryl methyl sites for hydroxylation is 1. The minimum atomic E-state index is -0.481. The highest BCUT2D eigenvalue weighted by molar-refractivity contribution is 6.02. The van der Waals surface area contributed by atoms with Crippen molar-refractivity contribution in [1.29, 1.82) is 0 Å². The maximum Gasteiger partial charge on any atom is 0.348 e. The molecule has 6 nitrogen and oxygen atoms in total. The van der Waals surface area contributed by atoms with E-state index in [4.69, 9.17) is 0 Å². The van der Waals surface area contributed by atoms with E-state index in [-0.39, 0.29) is 0 Å². The van der Waals surface area contributed by atoms with Gasteiger partial charge in [-0.25, -0.2) is 24.4 Å². The molecule has 154 valence electrons. The monoisotopic (exact) mass is 410 g/mol. The number of anilines is 1. The average Bonchev–Trinajstić information content (AvgIpc) is 3.12. The third kappa shape index (κ3) is 3.32. The normalized spacial score (nSPS) is 11.3. The number of aromatic amines is 2. The first-order valence-corrected chi connectivity index (χ1v) is 10.1. The molecule has 1 aromatic heterocycles. The molecule has 31 heavy (non-hydrogen) atoms. The van der Waals surface area contributed by atoms with Gasteiger partial charge in [-0.3, -0.25) is 0 Å². The second kappa shape index (κ2) is 7.32. The number of hydrogen-bond acceptors (Lipinski definition) is 3. The lowest BCUT2D eigenvalue weighted by molar-refractivity contribution is 0.918. The maximum atomic E-state index is 11.8. The van der Waals surface area contributed by atoms with Crippen molar-refractivity contribution in [2.24, 2.45) is 0 Å². The van der Waals surface area contributed by atoms with E-state index < -0.39 is 11.4 Å². The predicted octanol–water partition coefficient (Wildman–Crippen LogP) is 4.11. The lowest BCUT2D eigenvalue weighted by atomic mass is 9.96. The molecule has 0 saturated carbocycles. The van der Waals surface area contributed by atoms with Gasteiger partial charge in [0.15, 0.2) is 0 Å². The molecule has 2 N–H and O–H groups in total. The van der Waals surface area contributed by atoms with Crippen LogP contribution in [-0.2, 0) is 6.54 Å². The average molecular weight is 410 g/mol. The van der Waals surface area contributed by atoms with Crippen LogP contribution in [0.1, 0.15) is 11.1 Å². The predicted molar refractivity (Wildman–Crippen MR) is 125 cm³/mol. The van der Waals surface area contributed by atoms with Crippen LogP contribution in [0.15, 0.2) is 82.4 Å². The molecule has 0 bridgehead atoms. The zero-order valence-corrected chi connectivity index (χ0v) is 17.3. The van der Waals surface area contributed by atoms with Crippen molar-refractivity contribution in [3.8, 4) is 5.69 Å². The van der Waals surface area contributed by atoms with Crippen molar-refractivity contribution in [3.63, 3.8) is 0 Å². The molecule has 1 heterocycles. The van der Waals surface area contributed by atoms with Gasteiger partial charge in [-0.2, -0.15) is 0 Å². The Balaban J connectivity index is 1.44. The first-order valence-electron chi connectivity index (χ1n) is 10.1. The van der Waals surface area contributed by atoms with Crippen molar-refractivity contribution in [2.45, 2.75) is 13.5 Å². The summed E-state index contributed by atoms with van der Waals surface area (Å²) < 4.78 is 1.07. The van der Waals surface area contributed by atoms with Gasteiger partial charge in [-0.15, -0.1) is 0 Å². The van der Waals surface area contributed by atoms with Crippen LogP contribution in [0, 0.1) is 6.92 Å². The van der Waals surface area contributed by atoms with Crippen LogP contribution in [0.5, 0.6) is 0 Å². The Bertz CT molecular complexity index is 1500. The summed E-state index contributed by atoms with van der Waals surface area (Å²) in [4.78, 5) is 25.7. The van der Waals surface area contributed by atoms with E-state index in [0.29, 0.717) is 5.69 Å². The summed E-state index contributed by atoms with van der Waals surface area (Å²) in [5.74, 6) is 0. The molecule has 5 aromatic rings. The molecule has 0 saturated heterocycles. The van der Waals surface area contributed by atoms with E-state index in [2.05, 4.69) is 70.6 Å². The van der Waals surface area contributed by atoms with Crippen LogP contribution in [0.2, 0.25) is 0 Å². The zero-order chi connectivity index (χ0) is 21.5. The molecular formula is C25H22N4O2. The van der Waals surface area contributed by atoms with E-state index in [0.717, 1.165) is 16.8 Å². The van der Waals surface area contributed by atoms with Crippen LogP contribution >= 0.6 is 0 Å². The highest BCUT2D eigenvalue weighted by atomic mass is 16.2. The molecule has 0 amide bonds. The van der Waals surface area contributed by atoms with E-state index in [1.165, 1.54) is 32.7 Å². The van der Waals surface area contributed by atoms with Crippen LogP contribution in [0.25, 0.3) is 27.2 Å². The molecule has 0 atom stereocenters. The van der Waals surface area contributed by atoms with Crippen LogP contribution in [0.4, 0.5) is 5.69 Å². The number of benzene rings is 4. The smallest absolute Gasteiger partial charge is 0.348 e. The summed E-state index contributed by atoms with van der Waals surface area (Å²) in [5.41, 5.74) is 3.08. The van der Waals surface area contributed by atoms with E-state index in [9.17, 15) is 9.59 Å². The van der Waals surface area contributed by atoms with Gasteiger partial charge >= 0.3 is 11.4 Å². The molecule has 0 aliphatic heterocycles. The van der Waals surface area contributed by atoms with Gasteiger partial charge in [0.1, 0.15) is 0 Å². The Morgan fingerprint density at radius 2 is 1.48 bits per heavy atom. The first-order chi connectivity index (χ1) is 15.0. The number of nitrogens with zero attached hydrogens (tertiary/aromatic N) is 2. The SMILES string of the molecule is Cc1c2ccccc2cc2ccc(CN(C)c3ccc(-n4c(=O)[nH][nH]c4=O)cc3)cc12. The summed E-state index contributed by atoms with van der Waals surface area (Å²) in [6.07, 6.45) is 0. The fraction of sp³-hybridized carbons (Fsp3) is 0.120. The second-order valence-electron chi connectivity index (χ2n) is 7.85. The molecule has 0 spiro atoms. The standard InChI is InChI=1S/C25H22N4O2/c1-16-22-6-4-3-5-18(22)14-19-8-7-17(13-23(16)19)15-28(2)20-9-11-21(12-10-20)29-24(30)26-27-25(29)31/h3-14H,15H2,1-2H3,(H,26,30)(H,27,31). The van der Waals surface area contributed by atoms with Crippen molar-refractivity contribution in [1.82, 2.24) is 14.8 Å². The quantitative estimate of drug-likeness (QED) is 0.438. The number of aromatic nitrogens is 3. The molecule has 4 aromatic carbocycles. The Hall–Kier alpha value is -4.06. The van der Waals surface area contributed by atoms with Gasteiger partial charge in [0.05, 0.1) is 5.69 Å². The van der Waals surface area contributed by atoms with Crippen LogP contribution in [-0.4, -0.2) is 21.8 Å². The molecule has 0 aliphatic rings. The lowest BCUT2D eigenvalue weighted by Crippen LogP contribution is -2.24. The lowest BCUT2D eigenvalue weighted by Gasteiger charge is -2.20. The molecule has 0 radical (unpaired) electrons. The number of fused-ring (bicyclic) bond motifs is 2. The van der Waals surface area contributed by atoms with Crippen LogP contribution < -0.4 is 16.3 Å². The van der Waals surface area contributed by atoms with Crippen molar-refractivity contribution in [2.75, 3.05) is 11.9 Å². The molecule has 0 fully saturated rings. The second-order valence-corrected chi connectivity index (χ2v) is 7.85. The minimum absolute atomic E-state index is 0.481. The zero-order valence-electron chi connectivity index (χ0n) is 17.3. The Kier molecular flexibility index (Phi) is 4.47. The van der Waals surface area contributed by atoms with E-state index in [1.807, 2.05) is 19.2 Å². The summed E-state index contributed by atoms with van der Waals surface area (Å²) in [6.45, 7) is 2.92. The first kappa shape index (κ1) is 18.9. The van der Waals surface area contributed by atoms with Gasteiger partial charge in [0.25, 0.3) is 0 Å². The van der Waals surface area contributed by atoms with Crippen LogP contribution in [0.3, 0.4) is 0 Å². The third-order valence-corrected chi connectivity index (χ3v) is 5.85. The van der Waals surface area contributed by atoms with Gasteiger partial charge in [0, 0.05) is 19.3 Å². The van der Waals surface area contributed by atoms with E-state index >= 15 is 0 Å². The molecule has 0 unspecified atom stereocenters. The molecule has 0 aliphatic carbocycles. The van der Waals surface area contributed by atoms with E-state index in [1.54, 1.807) is 12.1 Å². The number of H-pyrrole nitrogens is 2. The fourth-order valence-corrected chi connectivity index (χ4v) is 4.20. The molecular weight excluding hydrogens is 388 g/mol. The highest BCUT2D eigenvalue weighted by Gasteiger charge is 2.09. The summed E-state index contributed by atoms with van der Waals surface area (Å²) in [7, 11) is 2.03. The van der Waals surface area contributed by atoms with Gasteiger partial charge in [0.2, 0.25) is 0 Å². The maximum absolute atomic E-state index is 11.8. The molecule has 5 rings (SSSR count). The largest absolute Gasteiger partial charge is 0.370 e. The van der Waals surface area contributed by atoms with Gasteiger partial charge in [-0.1, -0.05) is 36.4 Å². The minimum Gasteiger partial charge on any atom is -0.370 e. The number of nitrogens with one attached hydrogen (secondary N) is 2. The van der Waals surface area contributed by atoms with Crippen molar-refractivity contribution in [3.05, 3.63) is 105 Å². The Morgan fingerprint density at radius 3 is 2.23 bits per heavy atom. The van der Waals surface area contributed by atoms with Gasteiger partial charge < -0.3 is 4.90 Å². The highest BCUT2D eigenvalue weighted by Crippen LogP contribution is 2.29. The number of hydrogen-bond donors (Lipinski definition) is 2. The summed E-state index contributed by atoms with van der Waals surface area (Å²) in [5, 5.41) is 9.65. The van der Waals surface area contributed by atoms with Crippen molar-refractivity contribution < 1.29 is 0 Å². The molecule has 6 heteroatoms. The number of rotatable bonds is 4. The third-order valence-electron chi connectivity index (χ3n) is 5.85. The summed E-state index contributed by atoms with van der Waals surface area (Å²) >= 11 is 0. The topological polar surface area (TPSA) is 73.9 Å². The fourth-order valence-electron chi connectivity index (χ4n) is 4.20. The van der Waals surface area contributed by atoms with Gasteiger partial charge in [-0.05, 0) is 76.0 Å². The van der Waals surface area contributed by atoms with Crippen molar-refractivity contribution >= 4 is 27.2 Å².